The summed E-state index contributed by atoms with van der Waals surface area (Å²) in [6.07, 6.45) is -0.857. The molecule has 0 radical (unpaired) electrons. The molecule has 84 valence electrons. The average molecular weight is 203 g/mol. The van der Waals surface area contributed by atoms with Gasteiger partial charge in [-0.3, -0.25) is 4.79 Å². The van der Waals surface area contributed by atoms with E-state index in [1.54, 1.807) is 34.6 Å². The van der Waals surface area contributed by atoms with Crippen LogP contribution in [0.25, 0.3) is 0 Å². The Labute approximate surface area is 85.4 Å². The van der Waals surface area contributed by atoms with Crippen LogP contribution in [0.2, 0.25) is 0 Å². The van der Waals surface area contributed by atoms with Crippen LogP contribution in [0.15, 0.2) is 0 Å². The molecule has 0 spiro atoms. The number of carbonyl (C=O) groups excluding carboxylic acids is 1. The van der Waals surface area contributed by atoms with Crippen molar-refractivity contribution >= 4 is 5.97 Å². The Balaban J connectivity index is 4.26. The minimum Gasteiger partial charge on any atom is -0.459 e. The van der Waals surface area contributed by atoms with E-state index in [2.05, 4.69) is 0 Å². The topological polar surface area (TPSA) is 72.5 Å². The molecule has 0 saturated carbocycles. The van der Waals surface area contributed by atoms with Crippen LogP contribution in [-0.2, 0) is 9.53 Å². The van der Waals surface area contributed by atoms with Crippen molar-refractivity contribution in [2.45, 2.75) is 52.4 Å². The molecular weight excluding hydrogens is 182 g/mol. The van der Waals surface area contributed by atoms with Gasteiger partial charge in [0.05, 0.1) is 6.10 Å². The fourth-order valence-corrected chi connectivity index (χ4v) is 0.924. The number of ether oxygens (including phenoxy) is 1. The highest BCUT2D eigenvalue weighted by atomic mass is 16.6. The van der Waals surface area contributed by atoms with E-state index >= 15 is 0 Å². The summed E-state index contributed by atoms with van der Waals surface area (Å²) in [5.74, 6) is -0.615. The first-order valence-electron chi connectivity index (χ1n) is 4.81. The van der Waals surface area contributed by atoms with Crippen LogP contribution in [0.1, 0.15) is 34.6 Å². The summed E-state index contributed by atoms with van der Waals surface area (Å²) in [4.78, 5) is 11.4. The first-order chi connectivity index (χ1) is 6.15. The van der Waals surface area contributed by atoms with Gasteiger partial charge >= 0.3 is 5.97 Å². The van der Waals surface area contributed by atoms with E-state index in [0.717, 1.165) is 0 Å². The third kappa shape index (κ3) is 4.58. The van der Waals surface area contributed by atoms with E-state index in [4.69, 9.17) is 10.5 Å². The van der Waals surface area contributed by atoms with Crippen LogP contribution >= 0.6 is 0 Å². The molecule has 0 amide bonds. The molecule has 2 atom stereocenters. The molecule has 0 aliphatic carbocycles. The van der Waals surface area contributed by atoms with E-state index in [-0.39, 0.29) is 5.92 Å². The SMILES string of the molecule is CC(C)C(O)C(N)C(=O)OC(C)(C)C. The van der Waals surface area contributed by atoms with Crippen LogP contribution < -0.4 is 5.73 Å². The first-order valence-corrected chi connectivity index (χ1v) is 4.81. The van der Waals surface area contributed by atoms with E-state index in [0.29, 0.717) is 0 Å². The molecule has 4 nitrogen and oxygen atoms in total. The lowest BCUT2D eigenvalue weighted by atomic mass is 10.0. The molecule has 0 aliphatic heterocycles. The monoisotopic (exact) mass is 203 g/mol. The number of aliphatic hydroxyl groups is 1. The van der Waals surface area contributed by atoms with Crippen molar-refractivity contribution in [3.05, 3.63) is 0 Å². The average Bonchev–Trinajstić information content (AvgIpc) is 1.98. The zero-order chi connectivity index (χ0) is 11.5. The minimum absolute atomic E-state index is 0.0579. The van der Waals surface area contributed by atoms with Crippen LogP contribution in [0, 0.1) is 5.92 Å². The summed E-state index contributed by atoms with van der Waals surface area (Å²) in [7, 11) is 0. The Morgan fingerprint density at radius 3 is 2.07 bits per heavy atom. The normalized spacial score (nSPS) is 16.6. The maximum atomic E-state index is 11.4. The molecule has 0 heterocycles. The molecule has 0 saturated heterocycles. The molecular formula is C10H21NO3. The van der Waals surface area contributed by atoms with E-state index in [9.17, 15) is 9.90 Å². The molecule has 0 fully saturated rings. The third-order valence-electron chi connectivity index (χ3n) is 1.73. The second-order valence-corrected chi connectivity index (χ2v) is 4.79. The van der Waals surface area contributed by atoms with Crippen molar-refractivity contribution in [1.29, 1.82) is 0 Å². The molecule has 4 heteroatoms. The van der Waals surface area contributed by atoms with Crippen LogP contribution in [0.3, 0.4) is 0 Å². The Bertz CT molecular complexity index is 196. The summed E-state index contributed by atoms with van der Waals surface area (Å²) < 4.78 is 5.05. The first kappa shape index (κ1) is 13.4. The van der Waals surface area contributed by atoms with Gasteiger partial charge in [-0.1, -0.05) is 13.8 Å². The molecule has 0 aromatic carbocycles. The summed E-state index contributed by atoms with van der Waals surface area (Å²) >= 11 is 0. The predicted molar refractivity (Wildman–Crippen MR) is 54.7 cm³/mol. The Hall–Kier alpha value is -0.610. The van der Waals surface area contributed by atoms with Gasteiger partial charge in [-0.2, -0.15) is 0 Å². The Kier molecular flexibility index (Phi) is 4.55. The lowest BCUT2D eigenvalue weighted by Gasteiger charge is -2.25. The van der Waals surface area contributed by atoms with Gasteiger partial charge in [0.25, 0.3) is 0 Å². The van der Waals surface area contributed by atoms with E-state index < -0.39 is 23.7 Å². The Morgan fingerprint density at radius 2 is 1.79 bits per heavy atom. The summed E-state index contributed by atoms with van der Waals surface area (Å²) in [5.41, 5.74) is 4.98. The summed E-state index contributed by atoms with van der Waals surface area (Å²) in [6, 6.07) is -0.964. The maximum Gasteiger partial charge on any atom is 0.326 e. The molecule has 0 aromatic heterocycles. The second kappa shape index (κ2) is 4.75. The van der Waals surface area contributed by atoms with Gasteiger partial charge in [-0.15, -0.1) is 0 Å². The van der Waals surface area contributed by atoms with E-state index in [1.807, 2.05) is 0 Å². The van der Waals surface area contributed by atoms with Crippen LogP contribution in [0.4, 0.5) is 0 Å². The largest absolute Gasteiger partial charge is 0.459 e. The Morgan fingerprint density at radius 1 is 1.36 bits per heavy atom. The molecule has 3 N–H and O–H groups in total. The van der Waals surface area contributed by atoms with Gasteiger partial charge in [0, 0.05) is 0 Å². The fraction of sp³-hybridized carbons (Fsp3) is 0.900. The third-order valence-corrected chi connectivity index (χ3v) is 1.73. The van der Waals surface area contributed by atoms with Gasteiger partial charge in [0.1, 0.15) is 11.6 Å². The quantitative estimate of drug-likeness (QED) is 0.661. The fourth-order valence-electron chi connectivity index (χ4n) is 0.924. The van der Waals surface area contributed by atoms with Crippen molar-refractivity contribution in [3.63, 3.8) is 0 Å². The van der Waals surface area contributed by atoms with Crippen molar-refractivity contribution in [2.24, 2.45) is 11.7 Å². The summed E-state index contributed by atoms with van der Waals surface area (Å²) in [6.45, 7) is 8.89. The molecule has 2 unspecified atom stereocenters. The maximum absolute atomic E-state index is 11.4. The molecule has 0 bridgehead atoms. The summed E-state index contributed by atoms with van der Waals surface area (Å²) in [5, 5.41) is 9.54. The minimum atomic E-state index is -0.964. The lowest BCUT2D eigenvalue weighted by Crippen LogP contribution is -2.47. The molecule has 0 aromatic rings. The number of nitrogens with two attached hydrogens (primary N) is 1. The number of esters is 1. The van der Waals surface area contributed by atoms with Crippen molar-refractivity contribution in [2.75, 3.05) is 0 Å². The number of hydrogen-bond donors (Lipinski definition) is 2. The van der Waals surface area contributed by atoms with E-state index in [1.165, 1.54) is 0 Å². The highest BCUT2D eigenvalue weighted by molar-refractivity contribution is 5.76. The van der Waals surface area contributed by atoms with Gasteiger partial charge < -0.3 is 15.6 Å². The second-order valence-electron chi connectivity index (χ2n) is 4.79. The van der Waals surface area contributed by atoms with Crippen molar-refractivity contribution in [3.8, 4) is 0 Å². The number of rotatable bonds is 3. The number of aliphatic hydroxyl groups excluding tert-OH is 1. The smallest absolute Gasteiger partial charge is 0.326 e. The zero-order valence-electron chi connectivity index (χ0n) is 9.57. The number of carbonyl (C=O) groups is 1. The van der Waals surface area contributed by atoms with Crippen LogP contribution in [-0.4, -0.2) is 28.8 Å². The van der Waals surface area contributed by atoms with Crippen molar-refractivity contribution < 1.29 is 14.6 Å². The molecule has 0 aliphatic rings. The molecule has 0 rings (SSSR count). The van der Waals surface area contributed by atoms with Crippen LogP contribution in [0.5, 0.6) is 0 Å². The van der Waals surface area contributed by atoms with Gasteiger partial charge in [-0.25, -0.2) is 0 Å². The molecule has 14 heavy (non-hydrogen) atoms. The highest BCUT2D eigenvalue weighted by Crippen LogP contribution is 2.11. The lowest BCUT2D eigenvalue weighted by molar-refractivity contribution is -0.160. The standard InChI is InChI=1S/C10H21NO3/c1-6(2)8(12)7(11)9(13)14-10(3,4)5/h6-8,12H,11H2,1-5H3. The van der Waals surface area contributed by atoms with Gasteiger partial charge in [0.15, 0.2) is 0 Å². The zero-order valence-corrected chi connectivity index (χ0v) is 9.57. The number of hydrogen-bond acceptors (Lipinski definition) is 4. The van der Waals surface area contributed by atoms with Crippen molar-refractivity contribution in [1.82, 2.24) is 0 Å². The highest BCUT2D eigenvalue weighted by Gasteiger charge is 2.29. The van der Waals surface area contributed by atoms with Gasteiger partial charge in [-0.05, 0) is 26.7 Å². The predicted octanol–water partition coefficient (Wildman–Crippen LogP) is 0.672. The van der Waals surface area contributed by atoms with Gasteiger partial charge in [0.2, 0.25) is 0 Å².